The predicted octanol–water partition coefficient (Wildman–Crippen LogP) is 3.16. The lowest BCUT2D eigenvalue weighted by Crippen LogP contribution is -2.49. The first-order valence-corrected chi connectivity index (χ1v) is 8.33. The first-order chi connectivity index (χ1) is 10.3. The number of nitrogens with one attached hydrogen (secondary N) is 1. The monoisotopic (exact) mass is 322 g/mol. The van der Waals surface area contributed by atoms with Crippen LogP contribution in [0.3, 0.4) is 0 Å². The molecule has 2 aliphatic rings. The quantitative estimate of drug-likeness (QED) is 0.875. The van der Waals surface area contributed by atoms with Crippen LogP contribution >= 0.6 is 12.4 Å². The Bertz CT molecular complexity index is 481. The molecule has 3 N–H and O–H groups in total. The number of amides is 1. The maximum atomic E-state index is 12.8. The number of halogens is 1. The predicted molar refractivity (Wildman–Crippen MR) is 92.2 cm³/mol. The zero-order valence-electron chi connectivity index (χ0n) is 13.1. The third-order valence-corrected chi connectivity index (χ3v) is 5.30. The number of benzene rings is 1. The molecule has 0 saturated heterocycles. The van der Waals surface area contributed by atoms with Gasteiger partial charge in [0.25, 0.3) is 0 Å². The molecule has 1 amide bonds. The van der Waals surface area contributed by atoms with Crippen molar-refractivity contribution in [2.75, 3.05) is 6.54 Å². The van der Waals surface area contributed by atoms with Crippen LogP contribution in [0.4, 0.5) is 0 Å². The van der Waals surface area contributed by atoms with E-state index in [0.717, 1.165) is 18.4 Å². The Hall–Kier alpha value is -1.06. The number of nitrogens with two attached hydrogens (primary N) is 1. The van der Waals surface area contributed by atoms with Crippen LogP contribution in [0.2, 0.25) is 0 Å². The number of carbonyl (C=O) groups is 1. The Morgan fingerprint density at radius 1 is 1.18 bits per heavy atom. The molecule has 2 fully saturated rings. The molecule has 1 unspecified atom stereocenters. The smallest absolute Gasteiger partial charge is 0.230 e. The van der Waals surface area contributed by atoms with Gasteiger partial charge < -0.3 is 11.1 Å². The summed E-state index contributed by atoms with van der Waals surface area (Å²) in [6.07, 6.45) is 8.23. The van der Waals surface area contributed by atoms with E-state index >= 15 is 0 Å². The minimum Gasteiger partial charge on any atom is -0.351 e. The van der Waals surface area contributed by atoms with Gasteiger partial charge in [-0.1, -0.05) is 49.6 Å². The number of hydrogen-bond acceptors (Lipinski definition) is 2. The zero-order valence-corrected chi connectivity index (χ0v) is 13.9. The third-order valence-electron chi connectivity index (χ3n) is 5.30. The van der Waals surface area contributed by atoms with Crippen molar-refractivity contribution in [2.45, 2.75) is 56.4 Å². The average Bonchev–Trinajstić information content (AvgIpc) is 3.36. The minimum absolute atomic E-state index is 0. The van der Waals surface area contributed by atoms with Crippen molar-refractivity contribution in [1.82, 2.24) is 5.32 Å². The molecule has 0 aromatic heterocycles. The molecule has 0 heterocycles. The molecule has 0 aliphatic heterocycles. The lowest BCUT2D eigenvalue weighted by Gasteiger charge is -2.31. The Morgan fingerprint density at radius 3 is 2.36 bits per heavy atom. The molecule has 0 radical (unpaired) electrons. The summed E-state index contributed by atoms with van der Waals surface area (Å²) in [5.41, 5.74) is 6.82. The first kappa shape index (κ1) is 17.3. The van der Waals surface area contributed by atoms with E-state index < -0.39 is 0 Å². The van der Waals surface area contributed by atoms with Crippen molar-refractivity contribution < 1.29 is 4.79 Å². The van der Waals surface area contributed by atoms with Crippen molar-refractivity contribution in [3.8, 4) is 0 Å². The van der Waals surface area contributed by atoms with Gasteiger partial charge in [-0.2, -0.15) is 0 Å². The highest BCUT2D eigenvalue weighted by Crippen LogP contribution is 2.48. The maximum Gasteiger partial charge on any atom is 0.230 e. The molecule has 1 aromatic carbocycles. The number of hydrogen-bond donors (Lipinski definition) is 2. The lowest BCUT2D eigenvalue weighted by molar-refractivity contribution is -0.124. The molecule has 2 aliphatic carbocycles. The van der Waals surface area contributed by atoms with E-state index in [0.29, 0.717) is 12.5 Å². The highest BCUT2D eigenvalue weighted by molar-refractivity contribution is 5.91. The molecule has 0 bridgehead atoms. The second kappa shape index (κ2) is 7.47. The van der Waals surface area contributed by atoms with Gasteiger partial charge in [-0.3, -0.25) is 4.79 Å². The molecule has 3 nitrogen and oxygen atoms in total. The Kier molecular flexibility index (Phi) is 5.87. The van der Waals surface area contributed by atoms with Crippen molar-refractivity contribution in [2.24, 2.45) is 11.7 Å². The molecule has 1 aromatic rings. The van der Waals surface area contributed by atoms with Crippen LogP contribution < -0.4 is 11.1 Å². The van der Waals surface area contributed by atoms with E-state index in [1.165, 1.54) is 32.1 Å². The van der Waals surface area contributed by atoms with Crippen LogP contribution in [0.1, 0.15) is 50.5 Å². The summed E-state index contributed by atoms with van der Waals surface area (Å²) in [6.45, 7) is 0.557. The van der Waals surface area contributed by atoms with Crippen molar-refractivity contribution >= 4 is 18.3 Å². The summed E-state index contributed by atoms with van der Waals surface area (Å²) in [5, 5.41) is 3.27. The van der Waals surface area contributed by atoms with Crippen LogP contribution in [-0.2, 0) is 10.2 Å². The summed E-state index contributed by atoms with van der Waals surface area (Å²) in [7, 11) is 0. The first-order valence-electron chi connectivity index (χ1n) is 8.33. The lowest BCUT2D eigenvalue weighted by atomic mass is 9.83. The third kappa shape index (κ3) is 3.47. The highest BCUT2D eigenvalue weighted by atomic mass is 35.5. The summed E-state index contributed by atoms with van der Waals surface area (Å²) >= 11 is 0. The molecule has 122 valence electrons. The van der Waals surface area contributed by atoms with Crippen LogP contribution in [0.25, 0.3) is 0 Å². The van der Waals surface area contributed by atoms with Gasteiger partial charge in [0.15, 0.2) is 0 Å². The SMILES string of the molecule is Cl.NCC(NC(=O)C1(c2ccccc2)CC1)C1CCCCC1. The van der Waals surface area contributed by atoms with Gasteiger partial charge in [0.05, 0.1) is 5.41 Å². The highest BCUT2D eigenvalue weighted by Gasteiger charge is 2.51. The van der Waals surface area contributed by atoms with Crippen LogP contribution in [0.5, 0.6) is 0 Å². The second-order valence-electron chi connectivity index (χ2n) is 6.66. The van der Waals surface area contributed by atoms with Gasteiger partial charge in [0.2, 0.25) is 5.91 Å². The van der Waals surface area contributed by atoms with E-state index in [4.69, 9.17) is 5.73 Å². The largest absolute Gasteiger partial charge is 0.351 e. The van der Waals surface area contributed by atoms with E-state index in [1.54, 1.807) is 0 Å². The number of rotatable bonds is 5. The average molecular weight is 323 g/mol. The van der Waals surface area contributed by atoms with Gasteiger partial charge >= 0.3 is 0 Å². The fourth-order valence-corrected chi connectivity index (χ4v) is 3.74. The van der Waals surface area contributed by atoms with Gasteiger partial charge in [0.1, 0.15) is 0 Å². The normalized spacial score (nSPS) is 21.5. The van der Waals surface area contributed by atoms with Gasteiger partial charge in [-0.15, -0.1) is 12.4 Å². The fraction of sp³-hybridized carbons (Fsp3) is 0.611. The van der Waals surface area contributed by atoms with Crippen LogP contribution in [0, 0.1) is 5.92 Å². The number of carbonyl (C=O) groups excluding carboxylic acids is 1. The van der Waals surface area contributed by atoms with Gasteiger partial charge in [0, 0.05) is 12.6 Å². The van der Waals surface area contributed by atoms with E-state index in [1.807, 2.05) is 18.2 Å². The molecule has 3 rings (SSSR count). The molecular formula is C18H27ClN2O. The second-order valence-corrected chi connectivity index (χ2v) is 6.66. The Balaban J connectivity index is 0.00000176. The molecular weight excluding hydrogens is 296 g/mol. The molecule has 22 heavy (non-hydrogen) atoms. The Labute approximate surface area is 139 Å². The fourth-order valence-electron chi connectivity index (χ4n) is 3.74. The summed E-state index contributed by atoms with van der Waals surface area (Å²) in [6, 6.07) is 10.3. The van der Waals surface area contributed by atoms with E-state index in [9.17, 15) is 4.79 Å². The van der Waals surface area contributed by atoms with E-state index in [-0.39, 0.29) is 29.8 Å². The summed E-state index contributed by atoms with van der Waals surface area (Å²) < 4.78 is 0. The Morgan fingerprint density at radius 2 is 1.82 bits per heavy atom. The topological polar surface area (TPSA) is 55.1 Å². The van der Waals surface area contributed by atoms with Gasteiger partial charge in [-0.05, 0) is 37.2 Å². The maximum absolute atomic E-state index is 12.8. The summed E-state index contributed by atoms with van der Waals surface area (Å²) in [4.78, 5) is 12.8. The molecule has 2 saturated carbocycles. The van der Waals surface area contributed by atoms with Gasteiger partial charge in [-0.25, -0.2) is 0 Å². The zero-order chi connectivity index (χ0) is 14.7. The van der Waals surface area contributed by atoms with Crippen LogP contribution in [0.15, 0.2) is 30.3 Å². The molecule has 4 heteroatoms. The minimum atomic E-state index is -0.274. The standard InChI is InChI=1S/C18H26N2O.ClH/c19-13-16(14-7-3-1-4-8-14)20-17(21)18(11-12-18)15-9-5-2-6-10-15;/h2,5-6,9-10,14,16H,1,3-4,7-8,11-13,19H2,(H,20,21);1H. The van der Waals surface area contributed by atoms with Crippen LogP contribution in [-0.4, -0.2) is 18.5 Å². The van der Waals surface area contributed by atoms with Crippen molar-refractivity contribution in [3.05, 3.63) is 35.9 Å². The van der Waals surface area contributed by atoms with Crippen molar-refractivity contribution in [1.29, 1.82) is 0 Å². The molecule has 0 spiro atoms. The summed E-state index contributed by atoms with van der Waals surface area (Å²) in [5.74, 6) is 0.758. The van der Waals surface area contributed by atoms with Crippen molar-refractivity contribution in [3.63, 3.8) is 0 Å². The molecule has 1 atom stereocenters. The van der Waals surface area contributed by atoms with E-state index in [2.05, 4.69) is 17.4 Å².